The van der Waals surface area contributed by atoms with E-state index in [2.05, 4.69) is 12.6 Å². The smallest absolute Gasteiger partial charge is 0.220 e. The minimum atomic E-state index is -0.139. The van der Waals surface area contributed by atoms with Crippen molar-refractivity contribution in [2.24, 2.45) is 11.7 Å². The number of rotatable bonds is 1. The first-order valence-electron chi connectivity index (χ1n) is 3.67. The van der Waals surface area contributed by atoms with Crippen LogP contribution in [0.2, 0.25) is 0 Å². The fraction of sp³-hybridized carbons (Fsp3) is 0.857. The normalized spacial score (nSPS) is 33.7. The van der Waals surface area contributed by atoms with Crippen molar-refractivity contribution in [3.05, 3.63) is 0 Å². The quantitative estimate of drug-likeness (QED) is 0.550. The number of amides is 1. The SMILES string of the molecule is NC(=O)C1CCC(S)CC1. The molecule has 0 heterocycles. The van der Waals surface area contributed by atoms with Gasteiger partial charge in [0.15, 0.2) is 0 Å². The Morgan fingerprint density at radius 2 is 1.80 bits per heavy atom. The second kappa shape index (κ2) is 3.28. The van der Waals surface area contributed by atoms with E-state index in [0.717, 1.165) is 25.7 Å². The van der Waals surface area contributed by atoms with Gasteiger partial charge in [-0.15, -0.1) is 0 Å². The maximum atomic E-state index is 10.7. The predicted octanol–water partition coefficient (Wildman–Crippen LogP) is 0.960. The van der Waals surface area contributed by atoms with Crippen LogP contribution in [0.5, 0.6) is 0 Å². The minimum absolute atomic E-state index is 0.128. The van der Waals surface area contributed by atoms with Crippen LogP contribution < -0.4 is 5.73 Å². The summed E-state index contributed by atoms with van der Waals surface area (Å²) in [5.41, 5.74) is 5.15. The summed E-state index contributed by atoms with van der Waals surface area (Å²) in [6, 6.07) is 0. The van der Waals surface area contributed by atoms with Crippen LogP contribution >= 0.6 is 12.6 Å². The second-order valence-electron chi connectivity index (χ2n) is 2.91. The Morgan fingerprint density at radius 1 is 1.30 bits per heavy atom. The number of nitrogens with two attached hydrogens (primary N) is 1. The Labute approximate surface area is 66.6 Å². The summed E-state index contributed by atoms with van der Waals surface area (Å²) in [5, 5.41) is 0.496. The van der Waals surface area contributed by atoms with Crippen LogP contribution in [0.15, 0.2) is 0 Å². The Morgan fingerprint density at radius 3 is 2.20 bits per heavy atom. The first kappa shape index (κ1) is 7.92. The number of hydrogen-bond acceptors (Lipinski definition) is 2. The highest BCUT2D eigenvalue weighted by Crippen LogP contribution is 2.26. The lowest BCUT2D eigenvalue weighted by Crippen LogP contribution is -2.27. The van der Waals surface area contributed by atoms with Crippen LogP contribution in [0.3, 0.4) is 0 Å². The summed E-state index contributed by atoms with van der Waals surface area (Å²) in [6.45, 7) is 0. The van der Waals surface area contributed by atoms with Crippen molar-refractivity contribution in [1.82, 2.24) is 0 Å². The van der Waals surface area contributed by atoms with Gasteiger partial charge in [0, 0.05) is 11.2 Å². The summed E-state index contributed by atoms with van der Waals surface area (Å²) >= 11 is 4.32. The third kappa shape index (κ3) is 1.90. The van der Waals surface area contributed by atoms with Gasteiger partial charge in [-0.05, 0) is 25.7 Å². The summed E-state index contributed by atoms with van der Waals surface area (Å²) in [6.07, 6.45) is 3.94. The average molecular weight is 159 g/mol. The molecule has 0 aromatic rings. The monoisotopic (exact) mass is 159 g/mol. The fourth-order valence-corrected chi connectivity index (χ4v) is 1.66. The van der Waals surface area contributed by atoms with E-state index in [1.807, 2.05) is 0 Å². The molecule has 2 N–H and O–H groups in total. The lowest BCUT2D eigenvalue weighted by atomic mass is 9.88. The molecule has 0 aromatic carbocycles. The van der Waals surface area contributed by atoms with Crippen molar-refractivity contribution >= 4 is 18.5 Å². The molecular formula is C7H13NOS. The van der Waals surface area contributed by atoms with E-state index in [1.165, 1.54) is 0 Å². The largest absolute Gasteiger partial charge is 0.369 e. The van der Waals surface area contributed by atoms with Crippen LogP contribution in [-0.2, 0) is 4.79 Å². The maximum absolute atomic E-state index is 10.7. The van der Waals surface area contributed by atoms with E-state index in [-0.39, 0.29) is 11.8 Å². The molecule has 0 spiro atoms. The standard InChI is InChI=1S/C7H13NOS/c8-7(9)5-1-3-6(10)4-2-5/h5-6,10H,1-4H2,(H2,8,9). The Hall–Kier alpha value is -0.180. The topological polar surface area (TPSA) is 43.1 Å². The molecule has 1 rings (SSSR count). The molecular weight excluding hydrogens is 146 g/mol. The van der Waals surface area contributed by atoms with Crippen molar-refractivity contribution in [2.45, 2.75) is 30.9 Å². The van der Waals surface area contributed by atoms with Crippen LogP contribution in [0, 0.1) is 5.92 Å². The number of hydrogen-bond donors (Lipinski definition) is 2. The van der Waals surface area contributed by atoms with Gasteiger partial charge in [0.05, 0.1) is 0 Å². The lowest BCUT2D eigenvalue weighted by Gasteiger charge is -2.22. The van der Waals surface area contributed by atoms with E-state index in [9.17, 15) is 4.79 Å². The molecule has 1 saturated carbocycles. The molecule has 58 valence electrons. The van der Waals surface area contributed by atoms with Gasteiger partial charge in [0.25, 0.3) is 0 Å². The zero-order chi connectivity index (χ0) is 7.56. The molecule has 0 saturated heterocycles. The van der Waals surface area contributed by atoms with Gasteiger partial charge in [-0.2, -0.15) is 12.6 Å². The molecule has 3 heteroatoms. The van der Waals surface area contributed by atoms with Crippen LogP contribution in [-0.4, -0.2) is 11.2 Å². The molecule has 1 aliphatic carbocycles. The molecule has 1 amide bonds. The molecule has 10 heavy (non-hydrogen) atoms. The molecule has 1 fully saturated rings. The van der Waals surface area contributed by atoms with Crippen molar-refractivity contribution < 1.29 is 4.79 Å². The van der Waals surface area contributed by atoms with E-state index < -0.39 is 0 Å². The summed E-state index contributed by atoms with van der Waals surface area (Å²) in [5.74, 6) is -0.0105. The zero-order valence-electron chi connectivity index (χ0n) is 5.92. The number of primary amides is 1. The van der Waals surface area contributed by atoms with Gasteiger partial charge in [-0.25, -0.2) is 0 Å². The number of carbonyl (C=O) groups excluding carboxylic acids is 1. The second-order valence-corrected chi connectivity index (χ2v) is 3.64. The van der Waals surface area contributed by atoms with Gasteiger partial charge in [-0.1, -0.05) is 0 Å². The van der Waals surface area contributed by atoms with Gasteiger partial charge >= 0.3 is 0 Å². The Kier molecular flexibility index (Phi) is 2.60. The highest BCUT2D eigenvalue weighted by molar-refractivity contribution is 7.80. The fourth-order valence-electron chi connectivity index (χ4n) is 1.36. The average Bonchev–Trinajstić information content (AvgIpc) is 1.88. The lowest BCUT2D eigenvalue weighted by molar-refractivity contribution is -0.122. The highest BCUT2D eigenvalue weighted by Gasteiger charge is 2.22. The molecule has 2 nitrogen and oxygen atoms in total. The Balaban J connectivity index is 2.33. The summed E-state index contributed by atoms with van der Waals surface area (Å²) < 4.78 is 0. The molecule has 0 atom stereocenters. The number of carbonyl (C=O) groups is 1. The van der Waals surface area contributed by atoms with Gasteiger partial charge in [0.2, 0.25) is 5.91 Å². The summed E-state index contributed by atoms with van der Waals surface area (Å²) in [7, 11) is 0. The van der Waals surface area contributed by atoms with Gasteiger partial charge in [-0.3, -0.25) is 4.79 Å². The first-order chi connectivity index (χ1) is 4.70. The van der Waals surface area contributed by atoms with E-state index >= 15 is 0 Å². The molecule has 0 aromatic heterocycles. The van der Waals surface area contributed by atoms with E-state index in [4.69, 9.17) is 5.73 Å². The maximum Gasteiger partial charge on any atom is 0.220 e. The van der Waals surface area contributed by atoms with E-state index in [0.29, 0.717) is 5.25 Å². The molecule has 1 aliphatic rings. The van der Waals surface area contributed by atoms with Crippen LogP contribution in [0.1, 0.15) is 25.7 Å². The highest BCUT2D eigenvalue weighted by atomic mass is 32.1. The molecule has 0 bridgehead atoms. The molecule has 0 unspecified atom stereocenters. The van der Waals surface area contributed by atoms with Crippen molar-refractivity contribution in [1.29, 1.82) is 0 Å². The molecule has 0 radical (unpaired) electrons. The van der Waals surface area contributed by atoms with E-state index in [1.54, 1.807) is 0 Å². The third-order valence-electron chi connectivity index (χ3n) is 2.10. The minimum Gasteiger partial charge on any atom is -0.369 e. The van der Waals surface area contributed by atoms with Gasteiger partial charge in [0.1, 0.15) is 0 Å². The van der Waals surface area contributed by atoms with Crippen LogP contribution in [0.4, 0.5) is 0 Å². The number of thiol groups is 1. The van der Waals surface area contributed by atoms with Crippen molar-refractivity contribution in [3.63, 3.8) is 0 Å². The first-order valence-corrected chi connectivity index (χ1v) is 4.19. The van der Waals surface area contributed by atoms with Crippen molar-refractivity contribution in [3.8, 4) is 0 Å². The van der Waals surface area contributed by atoms with Crippen molar-refractivity contribution in [2.75, 3.05) is 0 Å². The van der Waals surface area contributed by atoms with Gasteiger partial charge < -0.3 is 5.73 Å². The van der Waals surface area contributed by atoms with Crippen LogP contribution in [0.25, 0.3) is 0 Å². The summed E-state index contributed by atoms with van der Waals surface area (Å²) in [4.78, 5) is 10.7. The Bertz CT molecular complexity index is 130. The predicted molar refractivity (Wildman–Crippen MR) is 43.9 cm³/mol. The third-order valence-corrected chi connectivity index (χ3v) is 2.62. The molecule has 0 aliphatic heterocycles. The zero-order valence-corrected chi connectivity index (χ0v) is 6.81.